The first-order valence-corrected chi connectivity index (χ1v) is 4.84. The van der Waals surface area contributed by atoms with Gasteiger partial charge in [-0.2, -0.15) is 0 Å². The fraction of sp³-hybridized carbons (Fsp3) is 0.273. The molecule has 2 amide bonds. The van der Waals surface area contributed by atoms with Crippen molar-refractivity contribution in [1.82, 2.24) is 5.01 Å². The number of hydrogen-bond donors (Lipinski definition) is 0. The van der Waals surface area contributed by atoms with Crippen molar-refractivity contribution in [2.75, 3.05) is 12.1 Å². The molecule has 0 aliphatic carbocycles. The average Bonchev–Trinajstić information content (AvgIpc) is 2.26. The lowest BCUT2D eigenvalue weighted by atomic mass is 10.2. The van der Waals surface area contributed by atoms with E-state index in [0.29, 0.717) is 6.42 Å². The standard InChI is InChI=1S/C11H12N2O2/c1-12-10(14)7-8-11(15)13(12)9-5-3-2-4-6-9/h2-6H,7-8H2,1H3. The van der Waals surface area contributed by atoms with E-state index in [1.165, 1.54) is 10.0 Å². The molecule has 4 heteroatoms. The van der Waals surface area contributed by atoms with Gasteiger partial charge in [0.15, 0.2) is 0 Å². The van der Waals surface area contributed by atoms with Crippen LogP contribution in [-0.4, -0.2) is 23.9 Å². The van der Waals surface area contributed by atoms with Crippen LogP contribution in [0.15, 0.2) is 30.3 Å². The third kappa shape index (κ3) is 1.70. The highest BCUT2D eigenvalue weighted by molar-refractivity contribution is 6.00. The van der Waals surface area contributed by atoms with Crippen molar-refractivity contribution >= 4 is 17.5 Å². The van der Waals surface area contributed by atoms with E-state index >= 15 is 0 Å². The van der Waals surface area contributed by atoms with E-state index < -0.39 is 0 Å². The number of hydrazine groups is 1. The Hall–Kier alpha value is -1.84. The van der Waals surface area contributed by atoms with E-state index in [0.717, 1.165) is 5.69 Å². The van der Waals surface area contributed by atoms with Crippen LogP contribution in [0, 0.1) is 0 Å². The molecule has 0 saturated carbocycles. The summed E-state index contributed by atoms with van der Waals surface area (Å²) in [6.45, 7) is 0. The van der Waals surface area contributed by atoms with Crippen LogP contribution in [0.2, 0.25) is 0 Å². The van der Waals surface area contributed by atoms with Gasteiger partial charge in [0.2, 0.25) is 11.8 Å². The van der Waals surface area contributed by atoms with Crippen LogP contribution >= 0.6 is 0 Å². The lowest BCUT2D eigenvalue weighted by molar-refractivity contribution is -0.140. The van der Waals surface area contributed by atoms with Crippen molar-refractivity contribution in [3.8, 4) is 0 Å². The van der Waals surface area contributed by atoms with Gasteiger partial charge in [0.1, 0.15) is 0 Å². The maximum Gasteiger partial charge on any atom is 0.246 e. The van der Waals surface area contributed by atoms with Gasteiger partial charge in [-0.3, -0.25) is 9.59 Å². The summed E-state index contributed by atoms with van der Waals surface area (Å²) in [5.41, 5.74) is 0.734. The molecular weight excluding hydrogens is 192 g/mol. The summed E-state index contributed by atoms with van der Waals surface area (Å²) < 4.78 is 0. The van der Waals surface area contributed by atoms with Gasteiger partial charge < -0.3 is 0 Å². The number of rotatable bonds is 1. The van der Waals surface area contributed by atoms with E-state index in [1.54, 1.807) is 7.05 Å². The summed E-state index contributed by atoms with van der Waals surface area (Å²) >= 11 is 0. The molecule has 2 rings (SSSR count). The Bertz CT molecular complexity index is 389. The third-order valence-electron chi connectivity index (χ3n) is 2.45. The summed E-state index contributed by atoms with van der Waals surface area (Å²) in [6.07, 6.45) is 0.594. The molecule has 1 heterocycles. The van der Waals surface area contributed by atoms with E-state index in [4.69, 9.17) is 0 Å². The van der Waals surface area contributed by atoms with E-state index in [9.17, 15) is 9.59 Å². The second kappa shape index (κ2) is 3.73. The van der Waals surface area contributed by atoms with Crippen LogP contribution in [0.5, 0.6) is 0 Å². The molecule has 1 aliphatic rings. The molecule has 78 valence electrons. The van der Waals surface area contributed by atoms with Crippen molar-refractivity contribution in [3.63, 3.8) is 0 Å². The lowest BCUT2D eigenvalue weighted by Crippen LogP contribution is -2.51. The highest BCUT2D eigenvalue weighted by Crippen LogP contribution is 2.21. The molecular formula is C11H12N2O2. The van der Waals surface area contributed by atoms with Gasteiger partial charge in [-0.05, 0) is 12.1 Å². The molecule has 15 heavy (non-hydrogen) atoms. The zero-order chi connectivity index (χ0) is 10.8. The minimum absolute atomic E-state index is 0.0292. The highest BCUT2D eigenvalue weighted by atomic mass is 16.2. The number of benzene rings is 1. The SMILES string of the molecule is CN1C(=O)CCC(=O)N1c1ccccc1. The van der Waals surface area contributed by atoms with Crippen LogP contribution in [-0.2, 0) is 9.59 Å². The van der Waals surface area contributed by atoms with Crippen molar-refractivity contribution in [2.24, 2.45) is 0 Å². The Balaban J connectivity index is 2.33. The molecule has 0 spiro atoms. The van der Waals surface area contributed by atoms with Gasteiger partial charge in [0.05, 0.1) is 5.69 Å². The Labute approximate surface area is 88.1 Å². The maximum atomic E-state index is 11.7. The first kappa shape index (κ1) is 9.71. The van der Waals surface area contributed by atoms with Crippen LogP contribution in [0.3, 0.4) is 0 Å². The van der Waals surface area contributed by atoms with Crippen LogP contribution in [0.1, 0.15) is 12.8 Å². The highest BCUT2D eigenvalue weighted by Gasteiger charge is 2.29. The van der Waals surface area contributed by atoms with Gasteiger partial charge in [-0.25, -0.2) is 10.0 Å². The topological polar surface area (TPSA) is 40.6 Å². The van der Waals surface area contributed by atoms with Gasteiger partial charge in [0, 0.05) is 19.9 Å². The Kier molecular flexibility index (Phi) is 2.41. The molecule has 0 unspecified atom stereocenters. The van der Waals surface area contributed by atoms with Crippen LogP contribution < -0.4 is 5.01 Å². The smallest absolute Gasteiger partial charge is 0.246 e. The van der Waals surface area contributed by atoms with E-state index in [-0.39, 0.29) is 18.2 Å². The van der Waals surface area contributed by atoms with Gasteiger partial charge in [0.25, 0.3) is 0 Å². The summed E-state index contributed by atoms with van der Waals surface area (Å²) in [5, 5.41) is 2.80. The zero-order valence-corrected chi connectivity index (χ0v) is 8.51. The van der Waals surface area contributed by atoms with Crippen LogP contribution in [0.25, 0.3) is 0 Å². The third-order valence-corrected chi connectivity index (χ3v) is 2.45. The van der Waals surface area contributed by atoms with Crippen molar-refractivity contribution < 1.29 is 9.59 Å². The van der Waals surface area contributed by atoms with Gasteiger partial charge in [-0.1, -0.05) is 18.2 Å². The first-order chi connectivity index (χ1) is 7.20. The van der Waals surface area contributed by atoms with E-state index in [2.05, 4.69) is 0 Å². The van der Waals surface area contributed by atoms with Crippen molar-refractivity contribution in [3.05, 3.63) is 30.3 Å². The summed E-state index contributed by atoms with van der Waals surface area (Å²) in [4.78, 5) is 23.1. The number of para-hydroxylation sites is 1. The quantitative estimate of drug-likeness (QED) is 0.689. The molecule has 1 aromatic rings. The van der Waals surface area contributed by atoms with Crippen molar-refractivity contribution in [1.29, 1.82) is 0 Å². The molecule has 0 bridgehead atoms. The zero-order valence-electron chi connectivity index (χ0n) is 8.51. The molecule has 1 aliphatic heterocycles. The lowest BCUT2D eigenvalue weighted by Gasteiger charge is -2.35. The first-order valence-electron chi connectivity index (χ1n) is 4.84. The van der Waals surface area contributed by atoms with Gasteiger partial charge in [-0.15, -0.1) is 0 Å². The summed E-state index contributed by atoms with van der Waals surface area (Å²) in [5.74, 6) is -0.0678. The molecule has 0 aromatic heterocycles. The number of amides is 2. The predicted molar refractivity (Wildman–Crippen MR) is 55.9 cm³/mol. The fourth-order valence-corrected chi connectivity index (χ4v) is 1.65. The second-order valence-corrected chi connectivity index (χ2v) is 3.46. The summed E-state index contributed by atoms with van der Waals surface area (Å²) in [6, 6.07) is 9.19. The van der Waals surface area contributed by atoms with Crippen molar-refractivity contribution in [2.45, 2.75) is 12.8 Å². The number of nitrogens with zero attached hydrogens (tertiary/aromatic N) is 2. The molecule has 0 atom stereocenters. The Morgan fingerprint density at radius 2 is 1.60 bits per heavy atom. The molecule has 0 radical (unpaired) electrons. The minimum atomic E-state index is -0.0386. The molecule has 1 saturated heterocycles. The molecule has 1 fully saturated rings. The fourth-order valence-electron chi connectivity index (χ4n) is 1.65. The Morgan fingerprint density at radius 1 is 1.00 bits per heavy atom. The average molecular weight is 204 g/mol. The summed E-state index contributed by atoms with van der Waals surface area (Å²) in [7, 11) is 1.62. The number of carbonyl (C=O) groups is 2. The number of anilines is 1. The predicted octanol–water partition coefficient (Wildman–Crippen LogP) is 1.19. The normalized spacial score (nSPS) is 17.1. The minimum Gasteiger partial charge on any atom is -0.273 e. The Morgan fingerprint density at radius 3 is 2.27 bits per heavy atom. The largest absolute Gasteiger partial charge is 0.273 e. The number of hydrogen-bond acceptors (Lipinski definition) is 2. The molecule has 0 N–H and O–H groups in total. The monoisotopic (exact) mass is 204 g/mol. The van der Waals surface area contributed by atoms with E-state index in [1.807, 2.05) is 30.3 Å². The number of carbonyl (C=O) groups excluding carboxylic acids is 2. The van der Waals surface area contributed by atoms with Gasteiger partial charge >= 0.3 is 0 Å². The second-order valence-electron chi connectivity index (χ2n) is 3.46. The maximum absolute atomic E-state index is 11.7. The molecule has 1 aromatic carbocycles. The molecule has 4 nitrogen and oxygen atoms in total. The van der Waals surface area contributed by atoms with Crippen LogP contribution in [0.4, 0.5) is 5.69 Å².